The minimum atomic E-state index is -0.386. The molecule has 4 rings (SSSR count). The Morgan fingerprint density at radius 1 is 1.24 bits per heavy atom. The van der Waals surface area contributed by atoms with Crippen LogP contribution in [0.15, 0.2) is 23.9 Å². The van der Waals surface area contributed by atoms with Crippen molar-refractivity contribution in [2.75, 3.05) is 41.8 Å². The lowest BCUT2D eigenvalue weighted by Gasteiger charge is -2.47. The fourth-order valence-electron chi connectivity index (χ4n) is 4.91. The molecule has 8 heteroatoms. The van der Waals surface area contributed by atoms with Gasteiger partial charge in [0.1, 0.15) is 12.5 Å². The summed E-state index contributed by atoms with van der Waals surface area (Å²) in [5, 5.41) is 0. The lowest BCUT2D eigenvalue weighted by molar-refractivity contribution is -0.147. The number of piperazine rings is 1. The number of methoxy groups -OCH3 is 3. The van der Waals surface area contributed by atoms with Gasteiger partial charge in [-0.05, 0) is 31.2 Å². The smallest absolute Gasteiger partial charge is 0.310 e. The second-order valence-corrected chi connectivity index (χ2v) is 7.53. The molecule has 0 spiro atoms. The number of hydrogen-bond donors (Lipinski definition) is 0. The topological polar surface area (TPSA) is 77.5 Å². The van der Waals surface area contributed by atoms with E-state index < -0.39 is 0 Å². The quantitative estimate of drug-likeness (QED) is 0.405. The third kappa shape index (κ3) is 3.02. The first-order chi connectivity index (χ1) is 14.0. The molecule has 3 aliphatic rings. The Morgan fingerprint density at radius 3 is 2.72 bits per heavy atom. The monoisotopic (exact) mass is 402 g/mol. The van der Waals surface area contributed by atoms with Crippen molar-refractivity contribution in [1.82, 2.24) is 9.80 Å². The molecule has 2 saturated heterocycles. The summed E-state index contributed by atoms with van der Waals surface area (Å²) in [7, 11) is 6.46. The van der Waals surface area contributed by atoms with E-state index in [1.54, 1.807) is 19.1 Å². The summed E-state index contributed by atoms with van der Waals surface area (Å²) in [4.78, 5) is 29.7. The highest BCUT2D eigenvalue weighted by atomic mass is 16.7. The number of nitrogens with zero attached hydrogens (tertiary/aromatic N) is 2. The Hall–Kier alpha value is -2.42. The molecule has 1 amide bonds. The van der Waals surface area contributed by atoms with E-state index in [2.05, 4.69) is 0 Å². The van der Waals surface area contributed by atoms with Gasteiger partial charge in [-0.2, -0.15) is 0 Å². The number of esters is 1. The molecule has 1 aromatic rings. The number of ether oxygens (including phenoxy) is 4. The van der Waals surface area contributed by atoms with Crippen LogP contribution in [0.5, 0.6) is 5.75 Å². The molecule has 8 nitrogen and oxygen atoms in total. The predicted molar refractivity (Wildman–Crippen MR) is 104 cm³/mol. The van der Waals surface area contributed by atoms with Crippen LogP contribution in [-0.4, -0.2) is 75.5 Å². The number of carbonyl (C=O) groups is 2. The first-order valence-corrected chi connectivity index (χ1v) is 9.61. The van der Waals surface area contributed by atoms with E-state index >= 15 is 0 Å². The molecule has 4 atom stereocenters. The molecule has 0 radical (unpaired) electrons. The van der Waals surface area contributed by atoms with Gasteiger partial charge in [-0.1, -0.05) is 12.1 Å². The molecule has 0 aromatic heterocycles. The molecule has 2 bridgehead atoms. The number of carbonyl (C=O) groups excluding carboxylic acids is 2. The largest absolute Gasteiger partial charge is 0.496 e. The second kappa shape index (κ2) is 7.78. The highest BCUT2D eigenvalue weighted by Crippen LogP contribution is 2.49. The van der Waals surface area contributed by atoms with Crippen LogP contribution >= 0.6 is 0 Å². The van der Waals surface area contributed by atoms with Crippen LogP contribution in [0.25, 0.3) is 6.08 Å². The SMILES string of the molecule is COCOC[C@H]1c2c(cccc2OC)C=C2[C@H]3[C@H](C(=O)OC)C[C@@H](C(=O)N21)N3C. The van der Waals surface area contributed by atoms with E-state index in [4.69, 9.17) is 18.9 Å². The van der Waals surface area contributed by atoms with Crippen LogP contribution < -0.4 is 4.74 Å². The minimum Gasteiger partial charge on any atom is -0.496 e. The Bertz CT molecular complexity index is 854. The van der Waals surface area contributed by atoms with Crippen molar-refractivity contribution < 1.29 is 28.5 Å². The van der Waals surface area contributed by atoms with Gasteiger partial charge in [0.2, 0.25) is 5.91 Å². The van der Waals surface area contributed by atoms with Gasteiger partial charge in [0, 0.05) is 18.4 Å². The Kier molecular flexibility index (Phi) is 5.33. The Labute approximate surface area is 169 Å². The molecular formula is C21H26N2O6. The maximum atomic E-state index is 13.5. The molecule has 29 heavy (non-hydrogen) atoms. The Balaban J connectivity index is 1.84. The number of benzene rings is 1. The summed E-state index contributed by atoms with van der Waals surface area (Å²) >= 11 is 0. The van der Waals surface area contributed by atoms with Crippen molar-refractivity contribution in [3.8, 4) is 5.75 Å². The molecule has 0 N–H and O–H groups in total. The van der Waals surface area contributed by atoms with E-state index in [0.717, 1.165) is 16.8 Å². The van der Waals surface area contributed by atoms with Crippen LogP contribution in [0, 0.1) is 5.92 Å². The second-order valence-electron chi connectivity index (χ2n) is 7.53. The minimum absolute atomic E-state index is 0.0380. The number of rotatable bonds is 6. The van der Waals surface area contributed by atoms with E-state index in [9.17, 15) is 9.59 Å². The third-order valence-corrected chi connectivity index (χ3v) is 6.14. The average Bonchev–Trinajstić information content (AvgIpc) is 3.01. The van der Waals surface area contributed by atoms with Gasteiger partial charge in [-0.15, -0.1) is 0 Å². The van der Waals surface area contributed by atoms with Gasteiger partial charge in [0.15, 0.2) is 0 Å². The summed E-state index contributed by atoms with van der Waals surface area (Å²) in [6.07, 6.45) is 2.43. The van der Waals surface area contributed by atoms with Crippen molar-refractivity contribution >= 4 is 18.0 Å². The number of likely N-dealkylation sites (N-methyl/N-ethyl adjacent to an activating group) is 1. The lowest BCUT2D eigenvalue weighted by atomic mass is 9.88. The summed E-state index contributed by atoms with van der Waals surface area (Å²) in [5.41, 5.74) is 2.66. The molecule has 3 heterocycles. The standard InChI is InChI=1S/C21H26N2O6/c1-22-15-9-13(21(25)28-4)19(22)14-8-12-6-5-7-17(27-3)18(12)16(10-29-11-26-2)23(14)20(15)24/h5-8,13,15-16,19H,9-11H2,1-4H3/t13-,15+,16+,19-/m1/s1. The van der Waals surface area contributed by atoms with Crippen molar-refractivity contribution in [2.45, 2.75) is 24.5 Å². The van der Waals surface area contributed by atoms with E-state index in [0.29, 0.717) is 12.2 Å². The van der Waals surface area contributed by atoms with E-state index in [1.807, 2.05) is 36.2 Å². The van der Waals surface area contributed by atoms with Gasteiger partial charge in [-0.3, -0.25) is 14.5 Å². The summed E-state index contributed by atoms with van der Waals surface area (Å²) in [5.74, 6) is -0.0113. The maximum absolute atomic E-state index is 13.5. The summed E-state index contributed by atoms with van der Waals surface area (Å²) in [6.45, 7) is 0.385. The summed E-state index contributed by atoms with van der Waals surface area (Å²) < 4.78 is 21.3. The molecule has 2 fully saturated rings. The highest BCUT2D eigenvalue weighted by Gasteiger charge is 2.57. The molecule has 3 aliphatic heterocycles. The fourth-order valence-corrected chi connectivity index (χ4v) is 4.91. The van der Waals surface area contributed by atoms with Gasteiger partial charge in [-0.25, -0.2) is 0 Å². The maximum Gasteiger partial charge on any atom is 0.310 e. The van der Waals surface area contributed by atoms with E-state index in [-0.39, 0.29) is 49.3 Å². The van der Waals surface area contributed by atoms with Gasteiger partial charge in [0.05, 0.1) is 44.9 Å². The first-order valence-electron chi connectivity index (χ1n) is 9.61. The van der Waals surface area contributed by atoms with Crippen molar-refractivity contribution in [1.29, 1.82) is 0 Å². The first kappa shape index (κ1) is 19.9. The van der Waals surface area contributed by atoms with Crippen LogP contribution in [0.4, 0.5) is 0 Å². The molecule has 0 aliphatic carbocycles. The molecule has 1 aromatic carbocycles. The van der Waals surface area contributed by atoms with Gasteiger partial charge in [0.25, 0.3) is 0 Å². The molecule has 0 saturated carbocycles. The zero-order valence-corrected chi connectivity index (χ0v) is 17.1. The van der Waals surface area contributed by atoms with Crippen molar-refractivity contribution in [3.05, 3.63) is 35.0 Å². The van der Waals surface area contributed by atoms with Crippen molar-refractivity contribution in [2.24, 2.45) is 5.92 Å². The van der Waals surface area contributed by atoms with Gasteiger partial charge < -0.3 is 23.8 Å². The van der Waals surface area contributed by atoms with Crippen LogP contribution in [0.3, 0.4) is 0 Å². The number of amides is 1. The molecule has 156 valence electrons. The predicted octanol–water partition coefficient (Wildman–Crippen LogP) is 1.42. The van der Waals surface area contributed by atoms with Crippen molar-refractivity contribution in [3.63, 3.8) is 0 Å². The average molecular weight is 402 g/mol. The van der Waals surface area contributed by atoms with E-state index in [1.165, 1.54) is 7.11 Å². The number of hydrogen-bond acceptors (Lipinski definition) is 7. The number of fused-ring (bicyclic) bond motifs is 5. The molecule has 0 unspecified atom stereocenters. The normalized spacial score (nSPS) is 27.9. The van der Waals surface area contributed by atoms with Crippen LogP contribution in [-0.2, 0) is 23.8 Å². The molecular weight excluding hydrogens is 376 g/mol. The van der Waals surface area contributed by atoms with Crippen LogP contribution in [0.1, 0.15) is 23.6 Å². The fraction of sp³-hybridized carbons (Fsp3) is 0.524. The Morgan fingerprint density at radius 2 is 2.03 bits per heavy atom. The zero-order valence-electron chi connectivity index (χ0n) is 17.1. The highest BCUT2D eigenvalue weighted by molar-refractivity contribution is 5.91. The van der Waals surface area contributed by atoms with Gasteiger partial charge >= 0.3 is 5.97 Å². The summed E-state index contributed by atoms with van der Waals surface area (Å²) in [6, 6.07) is 4.83. The third-order valence-electron chi connectivity index (χ3n) is 6.14. The lowest BCUT2D eigenvalue weighted by Crippen LogP contribution is -2.57. The zero-order chi connectivity index (χ0) is 20.7. The van der Waals surface area contributed by atoms with Crippen LogP contribution in [0.2, 0.25) is 0 Å².